The van der Waals surface area contributed by atoms with Crippen LogP contribution in [0.2, 0.25) is 0 Å². The normalized spacial score (nSPS) is 15.8. The Kier molecular flexibility index (Phi) is 4.59. The molecular formula is C23H21FN4O2. The van der Waals surface area contributed by atoms with Crippen molar-refractivity contribution in [2.75, 3.05) is 25.4 Å². The lowest BCUT2D eigenvalue weighted by Crippen LogP contribution is -2.50. The topological polar surface area (TPSA) is 89.3 Å². The van der Waals surface area contributed by atoms with Crippen LogP contribution in [0.25, 0.3) is 22.3 Å². The Hall–Kier alpha value is -3.45. The van der Waals surface area contributed by atoms with Crippen molar-refractivity contribution in [3.8, 4) is 28.0 Å². The summed E-state index contributed by atoms with van der Waals surface area (Å²) in [6.45, 7) is 2.27. The average molecular weight is 404 g/mol. The van der Waals surface area contributed by atoms with E-state index in [1.807, 2.05) is 36.4 Å². The van der Waals surface area contributed by atoms with Gasteiger partial charge >= 0.3 is 0 Å². The fraction of sp³-hybridized carbons (Fsp3) is 0.217. The summed E-state index contributed by atoms with van der Waals surface area (Å²) < 4.78 is 20.5. The monoisotopic (exact) mass is 404 g/mol. The largest absolute Gasteiger partial charge is 0.488 e. The molecule has 1 amide bonds. The summed E-state index contributed by atoms with van der Waals surface area (Å²) in [5.74, 6) is 0.176. The Balaban J connectivity index is 1.49. The van der Waals surface area contributed by atoms with Crippen LogP contribution in [-0.2, 0) is 6.42 Å². The van der Waals surface area contributed by atoms with E-state index in [1.54, 1.807) is 12.1 Å². The summed E-state index contributed by atoms with van der Waals surface area (Å²) in [6.07, 6.45) is 0.928. The number of nitrogens with two attached hydrogens (primary N) is 1. The van der Waals surface area contributed by atoms with Gasteiger partial charge in [-0.3, -0.25) is 4.79 Å². The first kappa shape index (κ1) is 18.6. The van der Waals surface area contributed by atoms with Crippen LogP contribution in [-0.4, -0.2) is 36.6 Å². The number of anilines is 1. The van der Waals surface area contributed by atoms with Crippen LogP contribution in [0, 0.1) is 5.95 Å². The van der Waals surface area contributed by atoms with Crippen LogP contribution < -0.4 is 21.1 Å². The van der Waals surface area contributed by atoms with Gasteiger partial charge in [0.25, 0.3) is 5.91 Å². The van der Waals surface area contributed by atoms with Crippen molar-refractivity contribution in [3.63, 3.8) is 0 Å². The van der Waals surface area contributed by atoms with Gasteiger partial charge in [-0.05, 0) is 47.4 Å². The van der Waals surface area contributed by atoms with Crippen LogP contribution in [0.4, 0.5) is 10.2 Å². The number of halogens is 1. The molecule has 2 aliphatic heterocycles. The van der Waals surface area contributed by atoms with E-state index in [0.29, 0.717) is 28.8 Å². The molecular weight excluding hydrogens is 383 g/mol. The number of hydrogen-bond donors (Lipinski definition) is 3. The highest BCUT2D eigenvalue weighted by Gasteiger charge is 2.20. The van der Waals surface area contributed by atoms with Gasteiger partial charge in [0.15, 0.2) is 0 Å². The number of amides is 1. The van der Waals surface area contributed by atoms with Gasteiger partial charge in [0.2, 0.25) is 5.95 Å². The van der Waals surface area contributed by atoms with Gasteiger partial charge in [-0.15, -0.1) is 0 Å². The van der Waals surface area contributed by atoms with Crippen molar-refractivity contribution < 1.29 is 13.9 Å². The number of nitrogens with zero attached hydrogens (tertiary/aromatic N) is 1. The number of ether oxygens (including phenoxy) is 1. The predicted molar refractivity (Wildman–Crippen MR) is 113 cm³/mol. The Morgan fingerprint density at radius 2 is 1.77 bits per heavy atom. The molecule has 0 atom stereocenters. The number of fused-ring (bicyclic) bond motifs is 1. The lowest BCUT2D eigenvalue weighted by Gasteiger charge is -2.27. The number of carbonyl (C=O) groups excluding carboxylic acids is 1. The third-order valence-electron chi connectivity index (χ3n) is 5.56. The smallest absolute Gasteiger partial charge is 0.251 e. The highest BCUT2D eigenvalue weighted by Crippen LogP contribution is 2.33. The molecule has 0 spiro atoms. The number of rotatable bonds is 4. The SMILES string of the molecule is Nc1nc(F)c(-c2ccc(OC3CNC3)cc2)cc1-c1ccc2c(c1)CCNC2=O. The van der Waals surface area contributed by atoms with Crippen molar-refractivity contribution in [2.45, 2.75) is 12.5 Å². The second-order valence-corrected chi connectivity index (χ2v) is 7.56. The molecule has 0 bridgehead atoms. The maximum atomic E-state index is 14.6. The summed E-state index contributed by atoms with van der Waals surface area (Å²) in [5.41, 5.74) is 10.2. The summed E-state index contributed by atoms with van der Waals surface area (Å²) in [6, 6.07) is 14.6. The van der Waals surface area contributed by atoms with E-state index in [2.05, 4.69) is 15.6 Å². The molecule has 3 aromatic rings. The maximum Gasteiger partial charge on any atom is 0.251 e. The first-order valence-corrected chi connectivity index (χ1v) is 9.94. The molecule has 5 rings (SSSR count). The maximum absolute atomic E-state index is 14.6. The molecule has 0 radical (unpaired) electrons. The molecule has 30 heavy (non-hydrogen) atoms. The molecule has 152 valence electrons. The molecule has 4 N–H and O–H groups in total. The number of benzene rings is 2. The van der Waals surface area contributed by atoms with Gasteiger partial charge in [0.05, 0.1) is 0 Å². The van der Waals surface area contributed by atoms with Gasteiger partial charge in [-0.25, -0.2) is 4.98 Å². The molecule has 0 saturated carbocycles. The predicted octanol–water partition coefficient (Wildman–Crippen LogP) is 2.77. The molecule has 1 saturated heterocycles. The zero-order chi connectivity index (χ0) is 20.7. The molecule has 7 heteroatoms. The standard InChI is InChI=1S/C23H21FN4O2/c24-21-19(13-1-4-16(5-2-13)30-17-11-26-12-17)10-20(22(25)28-21)14-3-6-18-15(9-14)7-8-27-23(18)29/h1-6,9-10,17,26H,7-8,11-12H2,(H2,25,28)(H,27,29). The number of nitrogen functional groups attached to an aromatic ring is 1. The summed E-state index contributed by atoms with van der Waals surface area (Å²) >= 11 is 0. The Labute approximate surface area is 173 Å². The van der Waals surface area contributed by atoms with E-state index >= 15 is 0 Å². The quantitative estimate of drug-likeness (QED) is 0.582. The Morgan fingerprint density at radius 3 is 2.50 bits per heavy atom. The minimum Gasteiger partial charge on any atom is -0.488 e. The minimum absolute atomic E-state index is 0.0753. The van der Waals surface area contributed by atoms with E-state index in [0.717, 1.165) is 36.4 Å². The van der Waals surface area contributed by atoms with Crippen molar-refractivity contribution in [2.24, 2.45) is 0 Å². The van der Waals surface area contributed by atoms with Crippen LogP contribution in [0.15, 0.2) is 48.5 Å². The molecule has 2 aromatic carbocycles. The van der Waals surface area contributed by atoms with E-state index in [-0.39, 0.29) is 17.8 Å². The lowest BCUT2D eigenvalue weighted by molar-refractivity contribution is 0.0946. The molecule has 6 nitrogen and oxygen atoms in total. The molecule has 0 aliphatic carbocycles. The van der Waals surface area contributed by atoms with Gasteiger partial charge in [0.1, 0.15) is 17.7 Å². The molecule has 2 aliphatic rings. The molecule has 1 fully saturated rings. The second-order valence-electron chi connectivity index (χ2n) is 7.56. The first-order valence-electron chi connectivity index (χ1n) is 9.94. The van der Waals surface area contributed by atoms with Crippen LogP contribution in [0.3, 0.4) is 0 Å². The molecule has 0 unspecified atom stereocenters. The summed E-state index contributed by atoms with van der Waals surface area (Å²) in [5, 5.41) is 5.99. The number of nitrogens with one attached hydrogen (secondary N) is 2. The molecule has 3 heterocycles. The van der Waals surface area contributed by atoms with Crippen molar-refractivity contribution in [1.82, 2.24) is 15.6 Å². The highest BCUT2D eigenvalue weighted by atomic mass is 19.1. The zero-order valence-electron chi connectivity index (χ0n) is 16.2. The second kappa shape index (κ2) is 7.42. The highest BCUT2D eigenvalue weighted by molar-refractivity contribution is 5.97. The minimum atomic E-state index is -0.620. The number of aromatic nitrogens is 1. The van der Waals surface area contributed by atoms with Crippen molar-refractivity contribution >= 4 is 11.7 Å². The van der Waals surface area contributed by atoms with Crippen LogP contribution in [0.5, 0.6) is 5.75 Å². The Bertz CT molecular complexity index is 1130. The fourth-order valence-corrected chi connectivity index (χ4v) is 3.78. The third-order valence-corrected chi connectivity index (χ3v) is 5.56. The lowest BCUT2D eigenvalue weighted by atomic mass is 9.94. The molecule has 1 aromatic heterocycles. The van der Waals surface area contributed by atoms with E-state index in [4.69, 9.17) is 10.5 Å². The van der Waals surface area contributed by atoms with Gasteiger partial charge < -0.3 is 21.1 Å². The first-order chi connectivity index (χ1) is 14.6. The summed E-state index contributed by atoms with van der Waals surface area (Å²) in [4.78, 5) is 15.9. The van der Waals surface area contributed by atoms with Gasteiger partial charge in [-0.1, -0.05) is 24.3 Å². The summed E-state index contributed by atoms with van der Waals surface area (Å²) in [7, 11) is 0. The van der Waals surface area contributed by atoms with Gasteiger partial charge in [0, 0.05) is 36.3 Å². The number of carbonyl (C=O) groups is 1. The fourth-order valence-electron chi connectivity index (χ4n) is 3.78. The van der Waals surface area contributed by atoms with Crippen molar-refractivity contribution in [1.29, 1.82) is 0 Å². The third kappa shape index (κ3) is 3.37. The van der Waals surface area contributed by atoms with E-state index in [1.165, 1.54) is 0 Å². The van der Waals surface area contributed by atoms with E-state index < -0.39 is 5.95 Å². The number of pyridine rings is 1. The van der Waals surface area contributed by atoms with Crippen LogP contribution >= 0.6 is 0 Å². The van der Waals surface area contributed by atoms with E-state index in [9.17, 15) is 9.18 Å². The zero-order valence-corrected chi connectivity index (χ0v) is 16.2. The van der Waals surface area contributed by atoms with Gasteiger partial charge in [-0.2, -0.15) is 4.39 Å². The van der Waals surface area contributed by atoms with Crippen molar-refractivity contribution in [3.05, 3.63) is 65.6 Å². The Morgan fingerprint density at radius 1 is 1.00 bits per heavy atom. The average Bonchev–Trinajstić information content (AvgIpc) is 2.71. The van der Waals surface area contributed by atoms with Crippen LogP contribution in [0.1, 0.15) is 15.9 Å². The number of hydrogen-bond acceptors (Lipinski definition) is 5.